The zero-order valence-electron chi connectivity index (χ0n) is 14.5. The van der Waals surface area contributed by atoms with Crippen LogP contribution in [0.15, 0.2) is 0 Å². The predicted molar refractivity (Wildman–Crippen MR) is 89.6 cm³/mol. The van der Waals surface area contributed by atoms with Gasteiger partial charge < -0.3 is 0 Å². The maximum absolute atomic E-state index is 2.48. The molecule has 2 unspecified atom stereocenters. The third kappa shape index (κ3) is 10.4. The summed E-state index contributed by atoms with van der Waals surface area (Å²) >= 11 is 0. The number of rotatable bonds is 13. The fourth-order valence-corrected chi connectivity index (χ4v) is 3.25. The van der Waals surface area contributed by atoms with Crippen molar-refractivity contribution in [2.45, 2.75) is 105 Å². The molecular formula is C19H40. The van der Waals surface area contributed by atoms with Crippen LogP contribution >= 0.6 is 0 Å². The molecule has 0 amide bonds. The second-order valence-electron chi connectivity index (χ2n) is 6.72. The molecule has 0 N–H and O–H groups in total. The molecule has 0 heteroatoms. The third-order valence-corrected chi connectivity index (χ3v) is 5.00. The van der Waals surface area contributed by atoms with Crippen LogP contribution in [-0.4, -0.2) is 0 Å². The lowest BCUT2D eigenvalue weighted by Crippen LogP contribution is -2.08. The molecule has 0 saturated heterocycles. The Morgan fingerprint density at radius 2 is 1.26 bits per heavy atom. The van der Waals surface area contributed by atoms with Crippen LogP contribution in [0.25, 0.3) is 0 Å². The van der Waals surface area contributed by atoms with Crippen LogP contribution in [0, 0.1) is 17.8 Å². The van der Waals surface area contributed by atoms with E-state index in [9.17, 15) is 0 Å². The summed E-state index contributed by atoms with van der Waals surface area (Å²) in [4.78, 5) is 0. The highest BCUT2D eigenvalue weighted by Gasteiger charge is 2.13. The van der Waals surface area contributed by atoms with Gasteiger partial charge in [0.15, 0.2) is 0 Å². The Balaban J connectivity index is 3.76. The molecule has 0 radical (unpaired) electrons. The molecule has 0 aromatic rings. The first-order chi connectivity index (χ1) is 9.17. The van der Waals surface area contributed by atoms with Crippen LogP contribution in [0.2, 0.25) is 0 Å². The van der Waals surface area contributed by atoms with Gasteiger partial charge in [0.05, 0.1) is 0 Å². The maximum atomic E-state index is 2.48. The van der Waals surface area contributed by atoms with Gasteiger partial charge in [0.2, 0.25) is 0 Å². The summed E-state index contributed by atoms with van der Waals surface area (Å²) in [5, 5.41) is 0. The van der Waals surface area contributed by atoms with E-state index in [0.717, 1.165) is 17.8 Å². The summed E-state index contributed by atoms with van der Waals surface area (Å²) in [5.74, 6) is 2.91. The first-order valence-corrected chi connectivity index (χ1v) is 9.17. The van der Waals surface area contributed by atoms with Crippen molar-refractivity contribution in [1.29, 1.82) is 0 Å². The van der Waals surface area contributed by atoms with Gasteiger partial charge in [0.25, 0.3) is 0 Å². The number of hydrogen-bond acceptors (Lipinski definition) is 0. The Hall–Kier alpha value is 0. The van der Waals surface area contributed by atoms with Crippen LogP contribution in [0.5, 0.6) is 0 Å². The van der Waals surface area contributed by atoms with Gasteiger partial charge in [-0.3, -0.25) is 0 Å². The van der Waals surface area contributed by atoms with E-state index in [0.29, 0.717) is 0 Å². The van der Waals surface area contributed by atoms with E-state index in [1.165, 1.54) is 70.6 Å². The highest BCUT2D eigenvalue weighted by Crippen LogP contribution is 2.26. The second-order valence-corrected chi connectivity index (χ2v) is 6.72. The molecule has 0 bridgehead atoms. The molecule has 0 aliphatic heterocycles. The lowest BCUT2D eigenvalue weighted by Gasteiger charge is -2.21. The van der Waals surface area contributed by atoms with Gasteiger partial charge in [-0.05, 0) is 24.2 Å². The number of hydrogen-bond donors (Lipinski definition) is 0. The highest BCUT2D eigenvalue weighted by atomic mass is 14.2. The molecule has 0 fully saturated rings. The Morgan fingerprint density at radius 3 is 1.79 bits per heavy atom. The summed E-state index contributed by atoms with van der Waals surface area (Å²) < 4.78 is 0. The summed E-state index contributed by atoms with van der Waals surface area (Å²) in [5.41, 5.74) is 0. The molecule has 0 aliphatic carbocycles. The third-order valence-electron chi connectivity index (χ3n) is 5.00. The molecule has 0 aliphatic rings. The maximum Gasteiger partial charge on any atom is -0.0414 e. The Labute approximate surface area is 123 Å². The molecule has 0 nitrogen and oxygen atoms in total. The fourth-order valence-electron chi connectivity index (χ4n) is 3.25. The van der Waals surface area contributed by atoms with Crippen molar-refractivity contribution < 1.29 is 0 Å². The quantitative estimate of drug-likeness (QED) is 0.309. The molecule has 0 saturated carbocycles. The standard InChI is InChI=1S/C19H40/c1-6-10-11-12-13-19(9-4)16-17(5)14-15-18(7-2)8-3/h17-19H,6-16H2,1-5H3. The average molecular weight is 269 g/mol. The van der Waals surface area contributed by atoms with Crippen molar-refractivity contribution in [3.8, 4) is 0 Å². The summed E-state index contributed by atoms with van der Waals surface area (Å²) in [6.07, 6.45) is 15.7. The monoisotopic (exact) mass is 268 g/mol. The molecule has 116 valence electrons. The number of unbranched alkanes of at least 4 members (excludes halogenated alkanes) is 3. The van der Waals surface area contributed by atoms with Gasteiger partial charge in [0.1, 0.15) is 0 Å². The summed E-state index contributed by atoms with van der Waals surface area (Å²) in [6.45, 7) is 11.9. The van der Waals surface area contributed by atoms with Gasteiger partial charge in [0, 0.05) is 0 Å². The zero-order chi connectivity index (χ0) is 14.5. The van der Waals surface area contributed by atoms with E-state index in [2.05, 4.69) is 34.6 Å². The van der Waals surface area contributed by atoms with E-state index in [4.69, 9.17) is 0 Å². The fraction of sp³-hybridized carbons (Fsp3) is 1.00. The Bertz CT molecular complexity index is 169. The minimum atomic E-state index is 0.941. The van der Waals surface area contributed by atoms with Gasteiger partial charge >= 0.3 is 0 Å². The Kier molecular flexibility index (Phi) is 13.0. The molecule has 0 aromatic carbocycles. The molecule has 0 rings (SSSR count). The van der Waals surface area contributed by atoms with Gasteiger partial charge in [-0.25, -0.2) is 0 Å². The lowest BCUT2D eigenvalue weighted by atomic mass is 9.85. The van der Waals surface area contributed by atoms with Crippen LogP contribution in [-0.2, 0) is 0 Å². The van der Waals surface area contributed by atoms with E-state index in [1.807, 2.05) is 0 Å². The topological polar surface area (TPSA) is 0 Å². The summed E-state index contributed by atoms with van der Waals surface area (Å²) in [7, 11) is 0. The van der Waals surface area contributed by atoms with Gasteiger partial charge in [-0.2, -0.15) is 0 Å². The summed E-state index contributed by atoms with van der Waals surface area (Å²) in [6, 6.07) is 0. The molecule has 2 atom stereocenters. The van der Waals surface area contributed by atoms with E-state index >= 15 is 0 Å². The van der Waals surface area contributed by atoms with Crippen LogP contribution in [0.4, 0.5) is 0 Å². The van der Waals surface area contributed by atoms with Crippen molar-refractivity contribution in [2.75, 3.05) is 0 Å². The first-order valence-electron chi connectivity index (χ1n) is 9.17. The molecule has 0 spiro atoms. The normalized spacial score (nSPS) is 14.8. The second kappa shape index (κ2) is 13.0. The van der Waals surface area contributed by atoms with Crippen LogP contribution in [0.3, 0.4) is 0 Å². The van der Waals surface area contributed by atoms with E-state index < -0.39 is 0 Å². The SMILES string of the molecule is CCCCCCC(CC)CC(C)CCC(CC)CC. The van der Waals surface area contributed by atoms with E-state index in [-0.39, 0.29) is 0 Å². The van der Waals surface area contributed by atoms with Crippen molar-refractivity contribution in [2.24, 2.45) is 17.8 Å². The zero-order valence-corrected chi connectivity index (χ0v) is 14.5. The molecule has 0 aromatic heterocycles. The van der Waals surface area contributed by atoms with Crippen molar-refractivity contribution in [1.82, 2.24) is 0 Å². The lowest BCUT2D eigenvalue weighted by molar-refractivity contribution is 0.310. The molecular weight excluding hydrogens is 228 g/mol. The van der Waals surface area contributed by atoms with Gasteiger partial charge in [-0.15, -0.1) is 0 Å². The minimum Gasteiger partial charge on any atom is -0.0654 e. The predicted octanol–water partition coefficient (Wildman–Crippen LogP) is 7.23. The van der Waals surface area contributed by atoms with Crippen LogP contribution in [0.1, 0.15) is 105 Å². The first kappa shape index (κ1) is 19.0. The van der Waals surface area contributed by atoms with Crippen molar-refractivity contribution in [3.05, 3.63) is 0 Å². The smallest absolute Gasteiger partial charge is 0.0414 e. The van der Waals surface area contributed by atoms with Crippen molar-refractivity contribution in [3.63, 3.8) is 0 Å². The molecule has 0 heterocycles. The Morgan fingerprint density at radius 1 is 0.632 bits per heavy atom. The van der Waals surface area contributed by atoms with Crippen molar-refractivity contribution >= 4 is 0 Å². The minimum absolute atomic E-state index is 0.941. The largest absolute Gasteiger partial charge is 0.0654 e. The highest BCUT2D eigenvalue weighted by molar-refractivity contribution is 4.65. The molecule has 19 heavy (non-hydrogen) atoms. The van der Waals surface area contributed by atoms with E-state index in [1.54, 1.807) is 0 Å². The average Bonchev–Trinajstić information content (AvgIpc) is 2.43. The van der Waals surface area contributed by atoms with Crippen LogP contribution < -0.4 is 0 Å². The van der Waals surface area contributed by atoms with Gasteiger partial charge in [-0.1, -0.05) is 98.8 Å².